The van der Waals surface area contributed by atoms with Gasteiger partial charge in [-0.2, -0.15) is 17.4 Å². The van der Waals surface area contributed by atoms with Crippen LogP contribution in [-0.4, -0.2) is 50.9 Å². The molecule has 90 valence electrons. The Kier molecular flexibility index (Phi) is 6.06. The van der Waals surface area contributed by atoms with E-state index in [2.05, 4.69) is 20.7 Å². The Labute approximate surface area is 99.5 Å². The predicted molar refractivity (Wildman–Crippen MR) is 62.3 cm³/mol. The van der Waals surface area contributed by atoms with Crippen molar-refractivity contribution in [3.05, 3.63) is 0 Å². The van der Waals surface area contributed by atoms with E-state index in [1.54, 1.807) is 0 Å². The number of ether oxygens (including phenoxy) is 1. The number of hydrogen-bond donors (Lipinski definition) is 1. The lowest BCUT2D eigenvalue weighted by Gasteiger charge is -2.15. The van der Waals surface area contributed by atoms with Crippen LogP contribution in [0.5, 0.6) is 0 Å². The van der Waals surface area contributed by atoms with E-state index in [0.29, 0.717) is 32.8 Å². The second-order valence-corrected chi connectivity index (χ2v) is 5.86. The molecule has 15 heavy (non-hydrogen) atoms. The average Bonchev–Trinajstić information content (AvgIpc) is 2.70. The monoisotopic (exact) mass is 300 g/mol. The van der Waals surface area contributed by atoms with Crippen LogP contribution in [0.2, 0.25) is 0 Å². The molecule has 0 unspecified atom stereocenters. The van der Waals surface area contributed by atoms with E-state index in [9.17, 15) is 8.42 Å². The second-order valence-electron chi connectivity index (χ2n) is 3.31. The SMILES string of the molecule is O=S(=O)(NCCOCCBr)N1CCCC1. The summed E-state index contributed by atoms with van der Waals surface area (Å²) >= 11 is 3.22. The molecule has 1 aliphatic heterocycles. The Hall–Kier alpha value is 0.310. The van der Waals surface area contributed by atoms with Crippen molar-refractivity contribution < 1.29 is 13.2 Å². The molecule has 1 rings (SSSR count). The molecule has 0 aromatic carbocycles. The number of halogens is 1. The van der Waals surface area contributed by atoms with E-state index in [4.69, 9.17) is 4.74 Å². The van der Waals surface area contributed by atoms with E-state index in [0.717, 1.165) is 18.2 Å². The fourth-order valence-corrected chi connectivity index (χ4v) is 2.91. The summed E-state index contributed by atoms with van der Waals surface area (Å²) in [6.45, 7) is 2.63. The van der Waals surface area contributed by atoms with E-state index in [1.807, 2.05) is 0 Å². The molecule has 0 amide bonds. The van der Waals surface area contributed by atoms with Crippen LogP contribution in [0, 0.1) is 0 Å². The van der Waals surface area contributed by atoms with Crippen molar-refractivity contribution in [2.45, 2.75) is 12.8 Å². The van der Waals surface area contributed by atoms with E-state index in [1.165, 1.54) is 4.31 Å². The third-order valence-corrected chi connectivity index (χ3v) is 4.09. The van der Waals surface area contributed by atoms with Crippen LogP contribution in [0.3, 0.4) is 0 Å². The van der Waals surface area contributed by atoms with Gasteiger partial charge in [0.2, 0.25) is 0 Å². The maximum Gasteiger partial charge on any atom is 0.279 e. The number of rotatable bonds is 7. The van der Waals surface area contributed by atoms with Crippen molar-refractivity contribution in [3.8, 4) is 0 Å². The molecule has 1 fully saturated rings. The molecule has 0 radical (unpaired) electrons. The first-order chi connectivity index (χ1) is 7.17. The fourth-order valence-electron chi connectivity index (χ4n) is 1.42. The van der Waals surface area contributed by atoms with Crippen LogP contribution in [-0.2, 0) is 14.9 Å². The van der Waals surface area contributed by atoms with Crippen LogP contribution in [0.4, 0.5) is 0 Å². The Morgan fingerprint density at radius 2 is 1.93 bits per heavy atom. The Balaban J connectivity index is 2.18. The van der Waals surface area contributed by atoms with Crippen molar-refractivity contribution >= 4 is 26.1 Å². The number of nitrogens with zero attached hydrogens (tertiary/aromatic N) is 1. The summed E-state index contributed by atoms with van der Waals surface area (Å²) in [7, 11) is -3.26. The first-order valence-electron chi connectivity index (χ1n) is 5.05. The molecule has 0 saturated carbocycles. The lowest BCUT2D eigenvalue weighted by Crippen LogP contribution is -2.40. The van der Waals surface area contributed by atoms with Crippen LogP contribution < -0.4 is 4.72 Å². The summed E-state index contributed by atoms with van der Waals surface area (Å²) < 4.78 is 32.4. The van der Waals surface area contributed by atoms with E-state index in [-0.39, 0.29) is 0 Å². The highest BCUT2D eigenvalue weighted by atomic mass is 79.9. The van der Waals surface area contributed by atoms with Gasteiger partial charge in [0.25, 0.3) is 10.2 Å². The molecule has 5 nitrogen and oxygen atoms in total. The smallest absolute Gasteiger partial charge is 0.279 e. The molecule has 0 atom stereocenters. The Bertz CT molecular complexity index is 265. The van der Waals surface area contributed by atoms with Crippen molar-refractivity contribution in [2.75, 3.05) is 38.2 Å². The molecule has 1 saturated heterocycles. The highest BCUT2D eigenvalue weighted by Crippen LogP contribution is 2.10. The molecule has 1 N–H and O–H groups in total. The Morgan fingerprint density at radius 3 is 2.53 bits per heavy atom. The third kappa shape index (κ3) is 4.78. The van der Waals surface area contributed by atoms with Crippen LogP contribution >= 0.6 is 15.9 Å². The van der Waals surface area contributed by atoms with Gasteiger partial charge in [-0.1, -0.05) is 15.9 Å². The number of nitrogens with one attached hydrogen (secondary N) is 1. The fraction of sp³-hybridized carbons (Fsp3) is 1.00. The minimum Gasteiger partial charge on any atom is -0.379 e. The van der Waals surface area contributed by atoms with Crippen molar-refractivity contribution in [2.24, 2.45) is 0 Å². The molecule has 0 bridgehead atoms. The third-order valence-electron chi connectivity index (χ3n) is 2.16. The summed E-state index contributed by atoms with van der Waals surface area (Å²) in [5, 5.41) is 0.770. The summed E-state index contributed by atoms with van der Waals surface area (Å²) in [6, 6.07) is 0. The average molecular weight is 301 g/mol. The van der Waals surface area contributed by atoms with Gasteiger partial charge < -0.3 is 4.74 Å². The molecular formula is C8H17BrN2O3S. The van der Waals surface area contributed by atoms with Crippen LogP contribution in [0.1, 0.15) is 12.8 Å². The maximum atomic E-state index is 11.6. The van der Waals surface area contributed by atoms with Crippen molar-refractivity contribution in [1.82, 2.24) is 9.03 Å². The van der Waals surface area contributed by atoms with E-state index < -0.39 is 10.2 Å². The van der Waals surface area contributed by atoms with Gasteiger partial charge in [0.15, 0.2) is 0 Å². The summed E-state index contributed by atoms with van der Waals surface area (Å²) in [5.74, 6) is 0. The van der Waals surface area contributed by atoms with Crippen LogP contribution in [0.15, 0.2) is 0 Å². The zero-order valence-electron chi connectivity index (χ0n) is 8.62. The minimum absolute atomic E-state index is 0.339. The lowest BCUT2D eigenvalue weighted by atomic mass is 10.4. The lowest BCUT2D eigenvalue weighted by molar-refractivity contribution is 0.156. The van der Waals surface area contributed by atoms with Gasteiger partial charge in [-0.25, -0.2) is 0 Å². The molecule has 0 aliphatic carbocycles. The maximum absolute atomic E-state index is 11.6. The predicted octanol–water partition coefficient (Wildman–Crippen LogP) is 0.328. The quantitative estimate of drug-likeness (QED) is 0.544. The summed E-state index contributed by atoms with van der Waals surface area (Å²) in [5.41, 5.74) is 0. The number of alkyl halides is 1. The topological polar surface area (TPSA) is 58.6 Å². The van der Waals surface area contributed by atoms with Gasteiger partial charge in [-0.3, -0.25) is 0 Å². The Morgan fingerprint density at radius 1 is 1.27 bits per heavy atom. The summed E-state index contributed by atoms with van der Waals surface area (Å²) in [4.78, 5) is 0. The zero-order chi connectivity index (χ0) is 11.1. The van der Waals surface area contributed by atoms with Gasteiger partial charge >= 0.3 is 0 Å². The first kappa shape index (κ1) is 13.4. The molecule has 0 aromatic rings. The largest absolute Gasteiger partial charge is 0.379 e. The first-order valence-corrected chi connectivity index (χ1v) is 7.61. The van der Waals surface area contributed by atoms with Crippen LogP contribution in [0.25, 0.3) is 0 Å². The van der Waals surface area contributed by atoms with Gasteiger partial charge in [-0.05, 0) is 12.8 Å². The second kappa shape index (κ2) is 6.80. The van der Waals surface area contributed by atoms with Crippen molar-refractivity contribution in [3.63, 3.8) is 0 Å². The molecule has 7 heteroatoms. The molecular weight excluding hydrogens is 284 g/mol. The zero-order valence-corrected chi connectivity index (χ0v) is 11.0. The minimum atomic E-state index is -3.26. The molecule has 0 spiro atoms. The van der Waals surface area contributed by atoms with Gasteiger partial charge in [-0.15, -0.1) is 0 Å². The standard InChI is InChI=1S/C8H17BrN2O3S/c9-3-7-14-8-4-10-15(12,13)11-5-1-2-6-11/h10H,1-8H2. The normalized spacial score (nSPS) is 18.5. The molecule has 1 aliphatic rings. The van der Waals surface area contributed by atoms with Gasteiger partial charge in [0.1, 0.15) is 0 Å². The highest BCUT2D eigenvalue weighted by Gasteiger charge is 2.24. The molecule has 1 heterocycles. The van der Waals surface area contributed by atoms with Crippen molar-refractivity contribution in [1.29, 1.82) is 0 Å². The highest BCUT2D eigenvalue weighted by molar-refractivity contribution is 9.09. The number of hydrogen-bond acceptors (Lipinski definition) is 3. The summed E-state index contributed by atoms with van der Waals surface area (Å²) in [6.07, 6.45) is 1.92. The van der Waals surface area contributed by atoms with Gasteiger partial charge in [0.05, 0.1) is 13.2 Å². The molecule has 0 aromatic heterocycles. The van der Waals surface area contributed by atoms with E-state index >= 15 is 0 Å². The van der Waals surface area contributed by atoms with Gasteiger partial charge in [0, 0.05) is 25.0 Å².